The highest BCUT2D eigenvalue weighted by Crippen LogP contribution is 2.26. The summed E-state index contributed by atoms with van der Waals surface area (Å²) in [6, 6.07) is 4.72. The van der Waals surface area contributed by atoms with Gasteiger partial charge in [0.25, 0.3) is 0 Å². The van der Waals surface area contributed by atoms with E-state index in [2.05, 4.69) is 13.8 Å². The monoisotopic (exact) mass is 211 g/mol. The van der Waals surface area contributed by atoms with Crippen molar-refractivity contribution in [2.24, 2.45) is 11.7 Å². The molecule has 84 valence electrons. The quantitative estimate of drug-likeness (QED) is 0.831. The number of ether oxygens (including phenoxy) is 1. The predicted molar refractivity (Wildman–Crippen MR) is 59.3 cm³/mol. The van der Waals surface area contributed by atoms with E-state index in [-0.39, 0.29) is 17.6 Å². The molecule has 0 amide bonds. The molecule has 0 saturated heterocycles. The summed E-state index contributed by atoms with van der Waals surface area (Å²) in [5.41, 5.74) is 6.96. The Bertz CT molecular complexity index is 327. The van der Waals surface area contributed by atoms with E-state index in [0.717, 1.165) is 12.0 Å². The van der Waals surface area contributed by atoms with Crippen LogP contribution in [-0.2, 0) is 0 Å². The van der Waals surface area contributed by atoms with E-state index in [9.17, 15) is 4.39 Å². The molecule has 0 saturated carbocycles. The average Bonchev–Trinajstić information content (AvgIpc) is 2.27. The molecule has 0 spiro atoms. The van der Waals surface area contributed by atoms with Gasteiger partial charge in [0, 0.05) is 6.04 Å². The Hall–Kier alpha value is -1.09. The standard InChI is InChI=1S/C12H18FNO/c1-4-8(2)12(14)9-5-6-10(13)11(7-9)15-3/h5-8,12H,4,14H2,1-3H3/t8?,12-/m1/s1. The van der Waals surface area contributed by atoms with E-state index in [1.165, 1.54) is 13.2 Å². The first kappa shape index (κ1) is 12.0. The molecule has 1 rings (SSSR count). The van der Waals surface area contributed by atoms with Crippen LogP contribution in [0.15, 0.2) is 18.2 Å². The van der Waals surface area contributed by atoms with E-state index in [1.54, 1.807) is 12.1 Å². The highest BCUT2D eigenvalue weighted by atomic mass is 19.1. The van der Waals surface area contributed by atoms with Crippen LogP contribution in [0.2, 0.25) is 0 Å². The first-order valence-electron chi connectivity index (χ1n) is 5.19. The van der Waals surface area contributed by atoms with Crippen molar-refractivity contribution in [1.82, 2.24) is 0 Å². The molecule has 15 heavy (non-hydrogen) atoms. The summed E-state index contributed by atoms with van der Waals surface area (Å²) < 4.78 is 18.1. The maximum atomic E-state index is 13.2. The second-order valence-electron chi connectivity index (χ2n) is 3.81. The molecule has 0 aliphatic rings. The minimum Gasteiger partial charge on any atom is -0.494 e. The summed E-state index contributed by atoms with van der Waals surface area (Å²) in [6.07, 6.45) is 1.00. The van der Waals surface area contributed by atoms with Crippen molar-refractivity contribution in [1.29, 1.82) is 0 Å². The zero-order valence-corrected chi connectivity index (χ0v) is 9.46. The molecule has 2 N–H and O–H groups in total. The minimum absolute atomic E-state index is 0.0653. The Labute approximate surface area is 90.2 Å². The summed E-state index contributed by atoms with van der Waals surface area (Å²) in [4.78, 5) is 0. The fourth-order valence-electron chi connectivity index (χ4n) is 1.47. The molecular weight excluding hydrogens is 193 g/mol. The fourth-order valence-corrected chi connectivity index (χ4v) is 1.47. The number of benzene rings is 1. The van der Waals surface area contributed by atoms with Crippen molar-refractivity contribution >= 4 is 0 Å². The van der Waals surface area contributed by atoms with Crippen molar-refractivity contribution in [2.45, 2.75) is 26.3 Å². The van der Waals surface area contributed by atoms with E-state index in [0.29, 0.717) is 5.92 Å². The third kappa shape index (κ3) is 2.69. The normalized spacial score (nSPS) is 14.7. The molecule has 0 radical (unpaired) electrons. The second kappa shape index (κ2) is 5.12. The molecule has 1 unspecified atom stereocenters. The molecule has 0 aliphatic carbocycles. The first-order chi connectivity index (χ1) is 7.10. The van der Waals surface area contributed by atoms with E-state index >= 15 is 0 Å². The topological polar surface area (TPSA) is 35.2 Å². The van der Waals surface area contributed by atoms with Gasteiger partial charge in [0.05, 0.1) is 7.11 Å². The van der Waals surface area contributed by atoms with Gasteiger partial charge in [0.15, 0.2) is 11.6 Å². The number of nitrogens with two attached hydrogens (primary N) is 1. The molecule has 2 nitrogen and oxygen atoms in total. The third-order valence-corrected chi connectivity index (χ3v) is 2.82. The number of rotatable bonds is 4. The zero-order chi connectivity index (χ0) is 11.4. The fraction of sp³-hybridized carbons (Fsp3) is 0.500. The Morgan fingerprint density at radius 3 is 2.67 bits per heavy atom. The van der Waals surface area contributed by atoms with Gasteiger partial charge in [0.1, 0.15) is 0 Å². The van der Waals surface area contributed by atoms with Crippen LogP contribution in [0.4, 0.5) is 4.39 Å². The van der Waals surface area contributed by atoms with Crippen LogP contribution in [0.25, 0.3) is 0 Å². The maximum Gasteiger partial charge on any atom is 0.165 e. The van der Waals surface area contributed by atoms with Gasteiger partial charge < -0.3 is 10.5 Å². The lowest BCUT2D eigenvalue weighted by Crippen LogP contribution is -2.18. The van der Waals surface area contributed by atoms with Gasteiger partial charge in [-0.05, 0) is 23.6 Å². The Morgan fingerprint density at radius 2 is 2.13 bits per heavy atom. The van der Waals surface area contributed by atoms with Gasteiger partial charge in [-0.2, -0.15) is 0 Å². The Morgan fingerprint density at radius 1 is 1.47 bits per heavy atom. The number of hydrogen-bond acceptors (Lipinski definition) is 2. The van der Waals surface area contributed by atoms with Crippen LogP contribution in [0.5, 0.6) is 5.75 Å². The highest BCUT2D eigenvalue weighted by Gasteiger charge is 2.14. The first-order valence-corrected chi connectivity index (χ1v) is 5.19. The lowest BCUT2D eigenvalue weighted by Gasteiger charge is -2.19. The SMILES string of the molecule is CCC(C)[C@@H](N)c1ccc(F)c(OC)c1. The molecule has 0 heterocycles. The van der Waals surface area contributed by atoms with Crippen molar-refractivity contribution in [3.05, 3.63) is 29.6 Å². The molecule has 2 atom stereocenters. The van der Waals surface area contributed by atoms with Gasteiger partial charge in [-0.15, -0.1) is 0 Å². The van der Waals surface area contributed by atoms with Gasteiger partial charge in [-0.3, -0.25) is 0 Å². The smallest absolute Gasteiger partial charge is 0.165 e. The lowest BCUT2D eigenvalue weighted by molar-refractivity contribution is 0.383. The van der Waals surface area contributed by atoms with Crippen LogP contribution in [0.3, 0.4) is 0 Å². The Kier molecular flexibility index (Phi) is 4.09. The van der Waals surface area contributed by atoms with Crippen molar-refractivity contribution in [3.63, 3.8) is 0 Å². The zero-order valence-electron chi connectivity index (χ0n) is 9.46. The predicted octanol–water partition coefficient (Wildman–Crippen LogP) is 2.88. The molecule has 0 bridgehead atoms. The largest absolute Gasteiger partial charge is 0.494 e. The number of hydrogen-bond donors (Lipinski definition) is 1. The number of methoxy groups -OCH3 is 1. The second-order valence-corrected chi connectivity index (χ2v) is 3.81. The molecule has 3 heteroatoms. The van der Waals surface area contributed by atoms with Crippen molar-refractivity contribution in [3.8, 4) is 5.75 Å². The van der Waals surface area contributed by atoms with Gasteiger partial charge in [-0.25, -0.2) is 4.39 Å². The maximum absolute atomic E-state index is 13.2. The van der Waals surface area contributed by atoms with Crippen molar-refractivity contribution in [2.75, 3.05) is 7.11 Å². The van der Waals surface area contributed by atoms with Gasteiger partial charge >= 0.3 is 0 Å². The van der Waals surface area contributed by atoms with Crippen molar-refractivity contribution < 1.29 is 9.13 Å². The van der Waals surface area contributed by atoms with Crippen LogP contribution >= 0.6 is 0 Å². The highest BCUT2D eigenvalue weighted by molar-refractivity contribution is 5.32. The molecule has 0 aromatic heterocycles. The Balaban J connectivity index is 2.95. The average molecular weight is 211 g/mol. The summed E-state index contributed by atoms with van der Waals surface area (Å²) in [5, 5.41) is 0. The van der Waals surface area contributed by atoms with E-state index < -0.39 is 0 Å². The minimum atomic E-state index is -0.349. The van der Waals surface area contributed by atoms with Gasteiger partial charge in [-0.1, -0.05) is 26.3 Å². The van der Waals surface area contributed by atoms with Crippen LogP contribution in [0.1, 0.15) is 31.9 Å². The summed E-state index contributed by atoms with van der Waals surface area (Å²) in [7, 11) is 1.46. The van der Waals surface area contributed by atoms with Gasteiger partial charge in [0.2, 0.25) is 0 Å². The third-order valence-electron chi connectivity index (χ3n) is 2.82. The molecule has 1 aromatic rings. The molecule has 0 aliphatic heterocycles. The van der Waals surface area contributed by atoms with Crippen LogP contribution in [-0.4, -0.2) is 7.11 Å². The van der Waals surface area contributed by atoms with E-state index in [4.69, 9.17) is 10.5 Å². The number of halogens is 1. The summed E-state index contributed by atoms with van der Waals surface area (Å²) >= 11 is 0. The van der Waals surface area contributed by atoms with E-state index in [1.807, 2.05) is 0 Å². The van der Waals surface area contributed by atoms with Crippen LogP contribution < -0.4 is 10.5 Å². The lowest BCUT2D eigenvalue weighted by atomic mass is 9.93. The summed E-state index contributed by atoms with van der Waals surface area (Å²) in [6.45, 7) is 4.17. The molecular formula is C12H18FNO. The molecule has 1 aromatic carbocycles. The summed E-state index contributed by atoms with van der Waals surface area (Å²) in [5.74, 6) is 0.282. The van der Waals surface area contributed by atoms with Crippen LogP contribution in [0, 0.1) is 11.7 Å². The molecule has 0 fully saturated rings.